The van der Waals surface area contributed by atoms with Gasteiger partial charge in [-0.1, -0.05) is 13.0 Å². The second-order valence-corrected chi connectivity index (χ2v) is 5.66. The van der Waals surface area contributed by atoms with Crippen LogP contribution in [0.3, 0.4) is 0 Å². The van der Waals surface area contributed by atoms with Crippen molar-refractivity contribution in [3.8, 4) is 0 Å². The Labute approximate surface area is 146 Å². The number of primary amides is 1. The number of nitrogens with zero attached hydrogens (tertiary/aromatic N) is 2. The minimum absolute atomic E-state index is 0.363. The van der Waals surface area contributed by atoms with Crippen molar-refractivity contribution in [3.05, 3.63) is 71.1 Å². The Morgan fingerprint density at radius 2 is 1.84 bits per heavy atom. The quantitative estimate of drug-likeness (QED) is 0.719. The summed E-state index contributed by atoms with van der Waals surface area (Å²) >= 11 is 0. The van der Waals surface area contributed by atoms with E-state index in [1.165, 1.54) is 6.08 Å². The van der Waals surface area contributed by atoms with Crippen molar-refractivity contribution >= 4 is 18.0 Å². The summed E-state index contributed by atoms with van der Waals surface area (Å²) in [5.74, 6) is -1.58. The summed E-state index contributed by atoms with van der Waals surface area (Å²) in [7, 11) is 0. The maximum absolute atomic E-state index is 11.6. The summed E-state index contributed by atoms with van der Waals surface area (Å²) in [6, 6.07) is 9.12. The highest BCUT2D eigenvalue weighted by Crippen LogP contribution is 2.15. The van der Waals surface area contributed by atoms with Gasteiger partial charge in [-0.25, -0.2) is 4.79 Å². The summed E-state index contributed by atoms with van der Waals surface area (Å²) in [5.41, 5.74) is 8.44. The van der Waals surface area contributed by atoms with Crippen LogP contribution in [0.1, 0.15) is 34.0 Å². The second kappa shape index (κ2) is 8.75. The average Bonchev–Trinajstić information content (AvgIpc) is 2.60. The molecule has 130 valence electrons. The smallest absolute Gasteiger partial charge is 0.328 e. The number of aromatic nitrogens is 1. The highest BCUT2D eigenvalue weighted by molar-refractivity contribution is 5.94. The first-order chi connectivity index (χ1) is 12.0. The first kappa shape index (κ1) is 18.4. The van der Waals surface area contributed by atoms with Crippen LogP contribution in [0.5, 0.6) is 0 Å². The summed E-state index contributed by atoms with van der Waals surface area (Å²) in [6.45, 7) is 4.25. The van der Waals surface area contributed by atoms with E-state index in [0.29, 0.717) is 17.7 Å². The van der Waals surface area contributed by atoms with Crippen molar-refractivity contribution < 1.29 is 14.7 Å². The number of aliphatic carboxylic acids is 1. The minimum Gasteiger partial charge on any atom is -0.478 e. The molecule has 0 saturated carbocycles. The summed E-state index contributed by atoms with van der Waals surface area (Å²) in [6.07, 6.45) is 6.01. The molecule has 2 rings (SSSR count). The molecule has 3 N–H and O–H groups in total. The van der Waals surface area contributed by atoms with Crippen LogP contribution in [0.2, 0.25) is 0 Å². The van der Waals surface area contributed by atoms with E-state index < -0.39 is 11.9 Å². The number of nitrogens with two attached hydrogens (primary N) is 1. The van der Waals surface area contributed by atoms with Crippen molar-refractivity contribution in [1.82, 2.24) is 9.88 Å². The van der Waals surface area contributed by atoms with E-state index in [2.05, 4.69) is 16.8 Å². The number of carboxylic acid groups (broad SMARTS) is 1. The van der Waals surface area contributed by atoms with E-state index in [-0.39, 0.29) is 0 Å². The zero-order chi connectivity index (χ0) is 18.2. The van der Waals surface area contributed by atoms with Crippen LogP contribution < -0.4 is 5.73 Å². The monoisotopic (exact) mass is 339 g/mol. The molecule has 6 heteroatoms. The van der Waals surface area contributed by atoms with Gasteiger partial charge >= 0.3 is 5.97 Å². The molecule has 6 nitrogen and oxygen atoms in total. The largest absolute Gasteiger partial charge is 0.478 e. The van der Waals surface area contributed by atoms with E-state index in [0.717, 1.165) is 30.3 Å². The molecule has 0 fully saturated rings. The normalized spacial score (nSPS) is 11.1. The Bertz CT molecular complexity index is 773. The predicted molar refractivity (Wildman–Crippen MR) is 95.7 cm³/mol. The lowest BCUT2D eigenvalue weighted by Crippen LogP contribution is -2.22. The third kappa shape index (κ3) is 5.86. The highest BCUT2D eigenvalue weighted by Gasteiger charge is 2.09. The molecule has 0 atom stereocenters. The van der Waals surface area contributed by atoms with Crippen LogP contribution in [0.4, 0.5) is 0 Å². The Kier molecular flexibility index (Phi) is 6.42. The third-order valence-electron chi connectivity index (χ3n) is 3.73. The molecule has 0 saturated heterocycles. The van der Waals surface area contributed by atoms with Gasteiger partial charge in [-0.2, -0.15) is 0 Å². The molecule has 0 aliphatic rings. The van der Waals surface area contributed by atoms with Crippen molar-refractivity contribution in [2.45, 2.75) is 20.0 Å². The molecule has 1 heterocycles. The van der Waals surface area contributed by atoms with Crippen molar-refractivity contribution in [1.29, 1.82) is 0 Å². The van der Waals surface area contributed by atoms with Crippen molar-refractivity contribution in [3.63, 3.8) is 0 Å². The fourth-order valence-electron chi connectivity index (χ4n) is 2.50. The molecular formula is C19H21N3O3. The zero-order valence-corrected chi connectivity index (χ0v) is 14.1. The van der Waals surface area contributed by atoms with Crippen LogP contribution in [-0.4, -0.2) is 33.4 Å². The lowest BCUT2D eigenvalue weighted by Gasteiger charge is -2.21. The Morgan fingerprint density at radius 3 is 2.44 bits per heavy atom. The Morgan fingerprint density at radius 1 is 1.16 bits per heavy atom. The number of benzene rings is 1. The minimum atomic E-state index is -1.04. The van der Waals surface area contributed by atoms with Crippen LogP contribution >= 0.6 is 0 Å². The van der Waals surface area contributed by atoms with E-state index in [9.17, 15) is 9.59 Å². The molecule has 0 unspecified atom stereocenters. The third-order valence-corrected chi connectivity index (χ3v) is 3.73. The summed E-state index contributed by atoms with van der Waals surface area (Å²) in [5, 5.41) is 8.78. The van der Waals surface area contributed by atoms with E-state index in [4.69, 9.17) is 10.8 Å². The van der Waals surface area contributed by atoms with Gasteiger partial charge in [-0.15, -0.1) is 0 Å². The van der Waals surface area contributed by atoms with Gasteiger partial charge in [0, 0.05) is 37.1 Å². The highest BCUT2D eigenvalue weighted by atomic mass is 16.4. The Hall–Kier alpha value is -2.99. The van der Waals surface area contributed by atoms with Gasteiger partial charge in [-0.05, 0) is 53.6 Å². The van der Waals surface area contributed by atoms with Crippen molar-refractivity contribution in [2.75, 3.05) is 6.54 Å². The zero-order valence-electron chi connectivity index (χ0n) is 14.1. The lowest BCUT2D eigenvalue weighted by molar-refractivity contribution is -0.131. The number of carboxylic acids is 1. The first-order valence-corrected chi connectivity index (χ1v) is 7.94. The molecule has 0 aliphatic heterocycles. The average molecular weight is 339 g/mol. The predicted octanol–water partition coefficient (Wildman–Crippen LogP) is 2.30. The van der Waals surface area contributed by atoms with Gasteiger partial charge in [0.2, 0.25) is 5.91 Å². The number of carbonyl (C=O) groups excluding carboxylic acids is 1. The Balaban J connectivity index is 2.23. The lowest BCUT2D eigenvalue weighted by atomic mass is 10.0. The van der Waals surface area contributed by atoms with Gasteiger partial charge in [0.1, 0.15) is 0 Å². The molecule has 25 heavy (non-hydrogen) atoms. The van der Waals surface area contributed by atoms with Crippen LogP contribution in [0.15, 0.2) is 48.8 Å². The number of amides is 1. The second-order valence-electron chi connectivity index (χ2n) is 5.66. The van der Waals surface area contributed by atoms with Gasteiger partial charge in [-0.3, -0.25) is 14.7 Å². The van der Waals surface area contributed by atoms with Gasteiger partial charge in [0.05, 0.1) is 0 Å². The number of hydrogen-bond acceptors (Lipinski definition) is 4. The molecule has 0 bridgehead atoms. The molecule has 0 aliphatic carbocycles. The van der Waals surface area contributed by atoms with E-state index in [1.807, 2.05) is 18.2 Å². The number of hydrogen-bond donors (Lipinski definition) is 2. The fourth-order valence-corrected chi connectivity index (χ4v) is 2.50. The molecule has 0 radical (unpaired) electrons. The number of pyridine rings is 1. The van der Waals surface area contributed by atoms with Crippen LogP contribution in [0.25, 0.3) is 6.08 Å². The van der Waals surface area contributed by atoms with E-state index in [1.54, 1.807) is 24.5 Å². The van der Waals surface area contributed by atoms with Gasteiger partial charge in [0.25, 0.3) is 0 Å². The maximum atomic E-state index is 11.6. The van der Waals surface area contributed by atoms with E-state index >= 15 is 0 Å². The molecular weight excluding hydrogens is 318 g/mol. The standard InChI is InChI=1S/C19H21N3O3/c1-2-22(12-14-5-7-21-8-6-14)13-16-9-15(3-4-18(23)24)10-17(11-16)19(20)25/h3-11H,2,12-13H2,1H3,(H2,20,25)(H,23,24)/b4-3+. The van der Waals surface area contributed by atoms with Gasteiger partial charge < -0.3 is 10.8 Å². The maximum Gasteiger partial charge on any atom is 0.328 e. The topological polar surface area (TPSA) is 96.5 Å². The summed E-state index contributed by atoms with van der Waals surface area (Å²) in [4.78, 5) is 28.5. The molecule has 1 amide bonds. The van der Waals surface area contributed by atoms with Crippen LogP contribution in [-0.2, 0) is 17.9 Å². The van der Waals surface area contributed by atoms with Gasteiger partial charge in [0.15, 0.2) is 0 Å². The summed E-state index contributed by atoms with van der Waals surface area (Å²) < 4.78 is 0. The molecule has 1 aromatic carbocycles. The molecule has 0 spiro atoms. The SMILES string of the molecule is CCN(Cc1ccncc1)Cc1cc(/C=C/C(=O)O)cc(C(N)=O)c1. The molecule has 2 aromatic rings. The fraction of sp³-hybridized carbons (Fsp3) is 0.211. The number of rotatable bonds is 8. The first-order valence-electron chi connectivity index (χ1n) is 7.94. The van der Waals surface area contributed by atoms with Crippen LogP contribution in [0, 0.1) is 0 Å². The number of carbonyl (C=O) groups is 2. The van der Waals surface area contributed by atoms with Crippen molar-refractivity contribution in [2.24, 2.45) is 5.73 Å². The molecule has 1 aromatic heterocycles.